The van der Waals surface area contributed by atoms with Crippen molar-refractivity contribution in [2.24, 2.45) is 0 Å². The number of aryl methyl sites for hydroxylation is 3. The Labute approximate surface area is 237 Å². The van der Waals surface area contributed by atoms with Gasteiger partial charge in [0.2, 0.25) is 11.9 Å². The van der Waals surface area contributed by atoms with E-state index in [9.17, 15) is 15.3 Å². The first-order valence-corrected chi connectivity index (χ1v) is 13.0. The second kappa shape index (κ2) is 9.33. The number of rotatable bonds is 6. The third-order valence-electron chi connectivity index (χ3n) is 6.76. The Morgan fingerprint density at radius 1 is 0.548 bits per heavy atom. The lowest BCUT2D eigenvalue weighted by Crippen LogP contribution is -2.08. The van der Waals surface area contributed by atoms with E-state index in [1.807, 2.05) is 20.8 Å². The number of aromatic nitrogens is 9. The number of aromatic hydroxyl groups is 3. The summed E-state index contributed by atoms with van der Waals surface area (Å²) in [5, 5.41) is 38.2. The maximum atomic E-state index is 10.7. The highest BCUT2D eigenvalue weighted by Gasteiger charge is 2.16. The number of hydrogen-bond acceptors (Lipinski definition) is 11. The smallest absolute Gasteiger partial charge is 0.232 e. The van der Waals surface area contributed by atoms with Crippen molar-refractivity contribution in [2.45, 2.75) is 27.2 Å². The minimum Gasteiger partial charge on any atom is -0.508 e. The Morgan fingerprint density at radius 3 is 1.45 bits per heavy atom. The molecule has 0 bridgehead atoms. The number of H-pyrrole nitrogens is 3. The lowest BCUT2D eigenvalue weighted by molar-refractivity contribution is 0.470. The lowest BCUT2D eigenvalue weighted by Gasteiger charge is -2.12. The average molecular weight is 564 g/mol. The van der Waals surface area contributed by atoms with Gasteiger partial charge in [0.05, 0.1) is 44.5 Å². The van der Waals surface area contributed by atoms with Crippen LogP contribution in [0, 0.1) is 20.8 Å². The molecule has 0 fully saturated rings. The third kappa shape index (κ3) is 4.60. The van der Waals surface area contributed by atoms with E-state index in [1.54, 1.807) is 36.4 Å². The molecular formula is C28H25N11O3. The van der Waals surface area contributed by atoms with Gasteiger partial charge in [0.15, 0.2) is 0 Å². The topological polar surface area (TPSA) is 209 Å². The van der Waals surface area contributed by atoms with Crippen molar-refractivity contribution in [3.05, 3.63) is 65.3 Å². The van der Waals surface area contributed by atoms with Gasteiger partial charge in [-0.15, -0.1) is 0 Å². The molecule has 0 radical (unpaired) electrons. The van der Waals surface area contributed by atoms with Crippen molar-refractivity contribution in [1.82, 2.24) is 44.9 Å². The van der Waals surface area contributed by atoms with E-state index in [0.717, 1.165) is 22.4 Å². The molecule has 0 saturated heterocycles. The fourth-order valence-electron chi connectivity index (χ4n) is 4.93. The van der Waals surface area contributed by atoms with Crippen LogP contribution in [0.2, 0.25) is 0 Å². The van der Waals surface area contributed by atoms with Crippen molar-refractivity contribution in [3.63, 3.8) is 0 Å². The molecule has 0 atom stereocenters. The molecule has 0 amide bonds. The molecule has 4 heterocycles. The number of nitrogens with zero attached hydrogens (tertiary/aromatic N) is 6. The van der Waals surface area contributed by atoms with E-state index in [-0.39, 0.29) is 35.6 Å². The Balaban J connectivity index is 1.29. The first-order valence-electron chi connectivity index (χ1n) is 13.0. The summed E-state index contributed by atoms with van der Waals surface area (Å²) in [6, 6.07) is 9.90. The summed E-state index contributed by atoms with van der Waals surface area (Å²) in [6.07, 6.45) is 0.154. The Morgan fingerprint density at radius 2 is 0.976 bits per heavy atom. The van der Waals surface area contributed by atoms with Crippen LogP contribution >= 0.6 is 0 Å². The van der Waals surface area contributed by atoms with Gasteiger partial charge >= 0.3 is 0 Å². The zero-order chi connectivity index (χ0) is 29.1. The summed E-state index contributed by atoms with van der Waals surface area (Å²) in [7, 11) is 0. The Kier molecular flexibility index (Phi) is 5.57. The summed E-state index contributed by atoms with van der Waals surface area (Å²) in [5.74, 6) is 2.70. The molecule has 0 aliphatic rings. The maximum Gasteiger partial charge on any atom is 0.232 e. The van der Waals surface area contributed by atoms with Crippen molar-refractivity contribution >= 4 is 56.4 Å². The molecule has 0 spiro atoms. The maximum absolute atomic E-state index is 10.7. The summed E-state index contributed by atoms with van der Waals surface area (Å²) < 4.78 is 0. The predicted molar refractivity (Wildman–Crippen MR) is 157 cm³/mol. The molecule has 14 nitrogen and oxygen atoms in total. The van der Waals surface area contributed by atoms with Gasteiger partial charge in [-0.1, -0.05) is 0 Å². The molecule has 8 N–H and O–H groups in total. The number of nitrogens with one attached hydrogen (secondary N) is 5. The van der Waals surface area contributed by atoms with Crippen LogP contribution in [-0.4, -0.2) is 60.2 Å². The van der Waals surface area contributed by atoms with Crippen molar-refractivity contribution in [1.29, 1.82) is 0 Å². The number of fused-ring (bicyclic) bond motifs is 3. The quantitative estimate of drug-likeness (QED) is 0.131. The molecule has 0 unspecified atom stereocenters. The van der Waals surface area contributed by atoms with Gasteiger partial charge in [-0.25, -0.2) is 15.0 Å². The number of hydrogen-bond donors (Lipinski definition) is 8. The molecule has 7 aromatic rings. The van der Waals surface area contributed by atoms with Crippen LogP contribution in [0.15, 0.2) is 36.4 Å². The fraction of sp³-hybridized carbons (Fsp3) is 0.143. The molecular weight excluding hydrogens is 538 g/mol. The number of phenols is 3. The first-order chi connectivity index (χ1) is 20.2. The highest BCUT2D eigenvalue weighted by Crippen LogP contribution is 2.33. The summed E-state index contributed by atoms with van der Waals surface area (Å²) in [5.41, 5.74) is 5.38. The van der Waals surface area contributed by atoms with E-state index in [1.165, 1.54) is 0 Å². The molecule has 4 aromatic heterocycles. The van der Waals surface area contributed by atoms with Crippen LogP contribution in [-0.2, 0) is 6.42 Å². The van der Waals surface area contributed by atoms with Gasteiger partial charge in [-0.2, -0.15) is 15.0 Å². The molecule has 14 heteroatoms. The van der Waals surface area contributed by atoms with Crippen LogP contribution in [0.1, 0.15) is 28.9 Å². The largest absolute Gasteiger partial charge is 0.508 e. The second-order valence-corrected chi connectivity index (χ2v) is 10.1. The fourth-order valence-corrected chi connectivity index (χ4v) is 4.93. The summed E-state index contributed by atoms with van der Waals surface area (Å²) in [4.78, 5) is 36.2. The highest BCUT2D eigenvalue weighted by molar-refractivity contribution is 5.85. The molecule has 3 aromatic carbocycles. The zero-order valence-corrected chi connectivity index (χ0v) is 22.7. The molecule has 0 saturated carbocycles. The minimum absolute atomic E-state index is 0.0408. The van der Waals surface area contributed by atoms with Crippen molar-refractivity contribution in [2.75, 3.05) is 10.6 Å². The van der Waals surface area contributed by atoms with Crippen LogP contribution < -0.4 is 10.6 Å². The van der Waals surface area contributed by atoms with Crippen LogP contribution in [0.25, 0.3) is 33.1 Å². The molecule has 0 aliphatic heterocycles. The standard InChI is InChI=1S/C28H25N11O3/c1-11-29-15-4-14(23(40)8-18(15)32-11)5-26-37-27(35-21-6-16-19(9-24(21)41)33-12(2)30-16)39-28(38-26)36-22-7-17-20(10-25(22)42)34-13(3)31-17/h4,6-10,40-42H,5H2,1-3H3,(H,29,32)(H,30,33)(H,31,34)(H2,35,36,37,38,39). The third-order valence-corrected chi connectivity index (χ3v) is 6.76. The number of aromatic amines is 3. The van der Waals surface area contributed by atoms with E-state index >= 15 is 0 Å². The number of imidazole rings is 3. The average Bonchev–Trinajstić information content (AvgIpc) is 3.58. The number of benzene rings is 3. The van der Waals surface area contributed by atoms with E-state index in [2.05, 4.69) is 55.5 Å². The van der Waals surface area contributed by atoms with Crippen LogP contribution in [0.5, 0.6) is 17.2 Å². The molecule has 0 aliphatic carbocycles. The van der Waals surface area contributed by atoms with E-state index in [4.69, 9.17) is 0 Å². The number of phenolic OH excluding ortho intramolecular Hbond substituents is 3. The minimum atomic E-state index is -0.0408. The van der Waals surface area contributed by atoms with Gasteiger partial charge < -0.3 is 40.9 Å². The normalized spacial score (nSPS) is 11.6. The summed E-state index contributed by atoms with van der Waals surface area (Å²) >= 11 is 0. The molecule has 7 rings (SSSR count). The second-order valence-electron chi connectivity index (χ2n) is 10.1. The van der Waals surface area contributed by atoms with Gasteiger partial charge in [-0.05, 0) is 39.0 Å². The SMILES string of the molecule is Cc1nc2cc(O)c(Cc3nc(Nc4cc5[nH]c(C)nc5cc4O)nc(Nc4cc5[nH]c(C)nc5cc4O)n3)cc2[nH]1. The first kappa shape index (κ1) is 25.1. The van der Waals surface area contributed by atoms with Gasteiger partial charge in [0.25, 0.3) is 0 Å². The monoisotopic (exact) mass is 563 g/mol. The van der Waals surface area contributed by atoms with Crippen molar-refractivity contribution < 1.29 is 15.3 Å². The van der Waals surface area contributed by atoms with Crippen molar-refractivity contribution in [3.8, 4) is 17.2 Å². The Bertz CT molecular complexity index is 1910. The lowest BCUT2D eigenvalue weighted by atomic mass is 10.1. The van der Waals surface area contributed by atoms with Gasteiger partial charge in [0.1, 0.15) is 40.5 Å². The zero-order valence-electron chi connectivity index (χ0n) is 22.7. The van der Waals surface area contributed by atoms with Crippen LogP contribution in [0.3, 0.4) is 0 Å². The molecule has 210 valence electrons. The van der Waals surface area contributed by atoms with Gasteiger partial charge in [-0.3, -0.25) is 0 Å². The predicted octanol–water partition coefficient (Wildman–Crippen LogP) is 4.62. The molecule has 42 heavy (non-hydrogen) atoms. The highest BCUT2D eigenvalue weighted by atomic mass is 16.3. The Hall–Kier alpha value is -5.92. The van der Waals surface area contributed by atoms with E-state index < -0.39 is 0 Å². The number of anilines is 4. The van der Waals surface area contributed by atoms with E-state index in [0.29, 0.717) is 51.0 Å². The van der Waals surface area contributed by atoms with Gasteiger partial charge in [0, 0.05) is 30.2 Å². The summed E-state index contributed by atoms with van der Waals surface area (Å²) in [6.45, 7) is 5.50. The van der Waals surface area contributed by atoms with Crippen LogP contribution in [0.4, 0.5) is 23.3 Å².